The maximum absolute atomic E-state index is 13.1. The van der Waals surface area contributed by atoms with Crippen molar-refractivity contribution in [1.82, 2.24) is 4.90 Å². The van der Waals surface area contributed by atoms with Crippen LogP contribution in [0.2, 0.25) is 5.02 Å². The van der Waals surface area contributed by atoms with Crippen LogP contribution in [-0.4, -0.2) is 29.9 Å². The van der Waals surface area contributed by atoms with Crippen LogP contribution < -0.4 is 10.1 Å². The Morgan fingerprint density at radius 2 is 1.72 bits per heavy atom. The van der Waals surface area contributed by atoms with Gasteiger partial charge in [0.25, 0.3) is 5.91 Å². The molecule has 5 nitrogen and oxygen atoms in total. The van der Waals surface area contributed by atoms with Crippen molar-refractivity contribution < 1.29 is 14.3 Å². The zero-order valence-corrected chi connectivity index (χ0v) is 16.3. The summed E-state index contributed by atoms with van der Waals surface area (Å²) in [4.78, 5) is 27.2. The molecule has 4 rings (SSSR count). The molecule has 0 fully saturated rings. The maximum Gasteiger partial charge on any atom is 0.261 e. The zero-order chi connectivity index (χ0) is 20.2. The van der Waals surface area contributed by atoms with Gasteiger partial charge in [0.15, 0.2) is 6.61 Å². The van der Waals surface area contributed by atoms with Gasteiger partial charge in [0.05, 0.1) is 6.04 Å². The average Bonchev–Trinajstić information content (AvgIpc) is 2.89. The van der Waals surface area contributed by atoms with Crippen molar-refractivity contribution in [2.45, 2.75) is 6.04 Å². The number of amides is 2. The molecule has 0 aromatic heterocycles. The molecule has 1 atom stereocenters. The topological polar surface area (TPSA) is 58.6 Å². The Morgan fingerprint density at radius 1 is 1.03 bits per heavy atom. The van der Waals surface area contributed by atoms with Gasteiger partial charge >= 0.3 is 0 Å². The minimum Gasteiger partial charge on any atom is -0.484 e. The standard InChI is InChI=1S/C23H19ClN2O3/c24-17-11-12-20-19(13-17)23(16-7-3-1-4-8-16)26(14-21(27)25-20)22(28)15-29-18-9-5-2-6-10-18/h1-13,23H,14-15H2,(H,25,27)/t23-/m1/s1. The van der Waals surface area contributed by atoms with E-state index in [0.717, 1.165) is 11.1 Å². The molecule has 0 saturated heterocycles. The third-order valence-electron chi connectivity index (χ3n) is 4.75. The van der Waals surface area contributed by atoms with E-state index in [4.69, 9.17) is 16.3 Å². The average molecular weight is 407 g/mol. The van der Waals surface area contributed by atoms with Crippen LogP contribution in [0.3, 0.4) is 0 Å². The van der Waals surface area contributed by atoms with E-state index in [1.165, 1.54) is 4.90 Å². The third-order valence-corrected chi connectivity index (χ3v) is 4.98. The van der Waals surface area contributed by atoms with Gasteiger partial charge in [-0.25, -0.2) is 0 Å². The van der Waals surface area contributed by atoms with E-state index in [2.05, 4.69) is 5.32 Å². The summed E-state index contributed by atoms with van der Waals surface area (Å²) in [7, 11) is 0. The number of hydrogen-bond acceptors (Lipinski definition) is 3. The lowest BCUT2D eigenvalue weighted by Crippen LogP contribution is -2.41. The zero-order valence-electron chi connectivity index (χ0n) is 15.5. The summed E-state index contributed by atoms with van der Waals surface area (Å²) < 4.78 is 5.64. The van der Waals surface area contributed by atoms with Crippen molar-refractivity contribution in [3.05, 3.63) is 95.0 Å². The van der Waals surface area contributed by atoms with Gasteiger partial charge in [0.2, 0.25) is 5.91 Å². The molecule has 3 aromatic rings. The van der Waals surface area contributed by atoms with Gasteiger partial charge in [-0.2, -0.15) is 0 Å². The van der Waals surface area contributed by atoms with E-state index < -0.39 is 6.04 Å². The fourth-order valence-electron chi connectivity index (χ4n) is 3.45. The monoisotopic (exact) mass is 406 g/mol. The van der Waals surface area contributed by atoms with Crippen LogP contribution in [0.4, 0.5) is 5.69 Å². The quantitative estimate of drug-likeness (QED) is 0.703. The first-order valence-corrected chi connectivity index (χ1v) is 9.61. The summed E-state index contributed by atoms with van der Waals surface area (Å²) in [6, 6.07) is 23.5. The minimum absolute atomic E-state index is 0.0805. The van der Waals surface area contributed by atoms with Gasteiger partial charge < -0.3 is 15.0 Å². The summed E-state index contributed by atoms with van der Waals surface area (Å²) in [5.41, 5.74) is 2.30. The molecule has 0 bridgehead atoms. The van der Waals surface area contributed by atoms with Gasteiger partial charge in [-0.15, -0.1) is 0 Å². The molecular weight excluding hydrogens is 388 g/mol. The first kappa shape index (κ1) is 19.0. The van der Waals surface area contributed by atoms with Crippen molar-refractivity contribution in [1.29, 1.82) is 0 Å². The highest BCUT2D eigenvalue weighted by Gasteiger charge is 2.33. The van der Waals surface area contributed by atoms with E-state index in [1.807, 2.05) is 48.5 Å². The normalized spacial score (nSPS) is 15.8. The molecule has 0 spiro atoms. The SMILES string of the molecule is O=C1CN(C(=O)COc2ccccc2)[C@H](c2ccccc2)c2cc(Cl)ccc2N1. The number of halogens is 1. The van der Waals surface area contributed by atoms with Crippen molar-refractivity contribution in [3.63, 3.8) is 0 Å². The van der Waals surface area contributed by atoms with Crippen LogP contribution in [0.15, 0.2) is 78.9 Å². The van der Waals surface area contributed by atoms with Crippen molar-refractivity contribution in [2.75, 3.05) is 18.5 Å². The Balaban J connectivity index is 1.71. The number of carbonyl (C=O) groups excluding carboxylic acids is 2. The second kappa shape index (κ2) is 8.37. The number of fused-ring (bicyclic) bond motifs is 1. The summed E-state index contributed by atoms with van der Waals surface area (Å²) in [5, 5.41) is 3.41. The Kier molecular flexibility index (Phi) is 5.49. The van der Waals surface area contributed by atoms with Crippen LogP contribution in [0.5, 0.6) is 5.75 Å². The van der Waals surface area contributed by atoms with Crippen molar-refractivity contribution in [3.8, 4) is 5.75 Å². The number of nitrogens with zero attached hydrogens (tertiary/aromatic N) is 1. The number of ether oxygens (including phenoxy) is 1. The summed E-state index contributed by atoms with van der Waals surface area (Å²) >= 11 is 6.25. The molecule has 0 saturated carbocycles. The highest BCUT2D eigenvalue weighted by Crippen LogP contribution is 2.37. The third kappa shape index (κ3) is 4.25. The van der Waals surface area contributed by atoms with Gasteiger partial charge in [-0.3, -0.25) is 9.59 Å². The fourth-order valence-corrected chi connectivity index (χ4v) is 3.63. The molecule has 0 radical (unpaired) electrons. The van der Waals surface area contributed by atoms with Crippen LogP contribution >= 0.6 is 11.6 Å². The number of anilines is 1. The number of nitrogens with one attached hydrogen (secondary N) is 1. The van der Waals surface area contributed by atoms with Crippen molar-refractivity contribution >= 4 is 29.1 Å². The molecular formula is C23H19ClN2O3. The molecule has 146 valence electrons. The molecule has 1 aliphatic heterocycles. The van der Waals surface area contributed by atoms with E-state index in [0.29, 0.717) is 16.5 Å². The Hall–Kier alpha value is -3.31. The number of carbonyl (C=O) groups is 2. The summed E-state index contributed by atoms with van der Waals surface area (Å²) in [6.45, 7) is -0.251. The second-order valence-corrected chi connectivity index (χ2v) is 7.15. The van der Waals surface area contributed by atoms with Crippen LogP contribution in [-0.2, 0) is 9.59 Å². The van der Waals surface area contributed by atoms with Crippen LogP contribution in [0, 0.1) is 0 Å². The smallest absolute Gasteiger partial charge is 0.261 e. The van der Waals surface area contributed by atoms with Gasteiger partial charge in [0, 0.05) is 16.3 Å². The fraction of sp³-hybridized carbons (Fsp3) is 0.130. The van der Waals surface area contributed by atoms with Gasteiger partial charge in [0.1, 0.15) is 12.3 Å². The lowest BCUT2D eigenvalue weighted by molar-refractivity contribution is -0.138. The molecule has 0 unspecified atom stereocenters. The lowest BCUT2D eigenvalue weighted by atomic mass is 9.96. The predicted octanol–water partition coefficient (Wildman–Crippen LogP) is 4.29. The van der Waals surface area contributed by atoms with E-state index in [-0.39, 0.29) is 25.0 Å². The molecule has 29 heavy (non-hydrogen) atoms. The number of para-hydroxylation sites is 1. The molecule has 1 aliphatic rings. The van der Waals surface area contributed by atoms with Crippen molar-refractivity contribution in [2.24, 2.45) is 0 Å². The van der Waals surface area contributed by atoms with E-state index >= 15 is 0 Å². The Morgan fingerprint density at radius 3 is 2.45 bits per heavy atom. The second-order valence-electron chi connectivity index (χ2n) is 6.72. The molecule has 6 heteroatoms. The summed E-state index contributed by atoms with van der Waals surface area (Å²) in [5.74, 6) is 0.0468. The first-order valence-electron chi connectivity index (χ1n) is 9.23. The molecule has 2 amide bonds. The first-order chi connectivity index (χ1) is 14.1. The highest BCUT2D eigenvalue weighted by molar-refractivity contribution is 6.30. The molecule has 1 N–H and O–H groups in total. The Bertz CT molecular complexity index is 1020. The number of benzene rings is 3. The van der Waals surface area contributed by atoms with Crippen LogP contribution in [0.1, 0.15) is 17.2 Å². The maximum atomic E-state index is 13.1. The Labute approximate surface area is 173 Å². The highest BCUT2D eigenvalue weighted by atomic mass is 35.5. The predicted molar refractivity (Wildman–Crippen MR) is 112 cm³/mol. The molecule has 0 aliphatic carbocycles. The van der Waals surface area contributed by atoms with E-state index in [9.17, 15) is 9.59 Å². The number of hydrogen-bond donors (Lipinski definition) is 1. The number of rotatable bonds is 4. The van der Waals surface area contributed by atoms with Gasteiger partial charge in [-0.1, -0.05) is 60.1 Å². The largest absolute Gasteiger partial charge is 0.484 e. The summed E-state index contributed by atoms with van der Waals surface area (Å²) in [6.07, 6.45) is 0. The van der Waals surface area contributed by atoms with Gasteiger partial charge in [-0.05, 0) is 35.9 Å². The van der Waals surface area contributed by atoms with Crippen LogP contribution in [0.25, 0.3) is 0 Å². The minimum atomic E-state index is -0.462. The molecule has 1 heterocycles. The molecule has 3 aromatic carbocycles. The lowest BCUT2D eigenvalue weighted by Gasteiger charge is -2.30. The van der Waals surface area contributed by atoms with E-state index in [1.54, 1.807) is 30.3 Å².